The summed E-state index contributed by atoms with van der Waals surface area (Å²) in [5.74, 6) is -0.0987. The molecule has 0 saturated carbocycles. The van der Waals surface area contributed by atoms with Crippen molar-refractivity contribution in [3.05, 3.63) is 48.0 Å². The van der Waals surface area contributed by atoms with Crippen LogP contribution in [0.3, 0.4) is 0 Å². The van der Waals surface area contributed by atoms with Crippen LogP contribution >= 0.6 is 0 Å². The van der Waals surface area contributed by atoms with Crippen molar-refractivity contribution in [3.63, 3.8) is 0 Å². The molecule has 0 spiro atoms. The zero-order chi connectivity index (χ0) is 13.0. The van der Waals surface area contributed by atoms with E-state index in [0.29, 0.717) is 5.75 Å². The largest absolute Gasteiger partial charge is 0.453 e. The molecule has 90 valence electrons. The summed E-state index contributed by atoms with van der Waals surface area (Å²) in [7, 11) is 1.75. The molecule has 0 radical (unpaired) electrons. The maximum atomic E-state index is 13.6. The molecule has 0 bridgehead atoms. The molecule has 0 saturated heterocycles. The topological polar surface area (TPSA) is 57.9 Å². The minimum Gasteiger partial charge on any atom is -0.453 e. The number of nitrogens with zero attached hydrogens (tertiary/aromatic N) is 2. The normalized spacial score (nSPS) is 9.61. The fourth-order valence-corrected chi connectivity index (χ4v) is 1.39. The van der Waals surface area contributed by atoms with Crippen molar-refractivity contribution in [3.8, 4) is 17.6 Å². The summed E-state index contributed by atoms with van der Waals surface area (Å²) >= 11 is 0. The molecule has 0 atom stereocenters. The highest BCUT2D eigenvalue weighted by atomic mass is 19.1. The van der Waals surface area contributed by atoms with Crippen LogP contribution in [0.4, 0.5) is 10.1 Å². The number of benzene rings is 1. The highest BCUT2D eigenvalue weighted by molar-refractivity contribution is 5.46. The van der Waals surface area contributed by atoms with E-state index in [0.717, 1.165) is 11.8 Å². The molecule has 1 aromatic heterocycles. The van der Waals surface area contributed by atoms with Crippen LogP contribution in [-0.4, -0.2) is 12.0 Å². The van der Waals surface area contributed by atoms with Crippen LogP contribution in [0.5, 0.6) is 11.5 Å². The number of ether oxygens (including phenoxy) is 1. The van der Waals surface area contributed by atoms with E-state index in [1.807, 2.05) is 6.07 Å². The SMILES string of the molecule is CNc1cncc(Oc2ccc(C#N)cc2F)c1. The number of hydrogen-bond acceptors (Lipinski definition) is 4. The van der Waals surface area contributed by atoms with Gasteiger partial charge in [-0.05, 0) is 18.2 Å². The Morgan fingerprint density at radius 1 is 1.33 bits per heavy atom. The van der Waals surface area contributed by atoms with Gasteiger partial charge in [-0.2, -0.15) is 5.26 Å². The molecular weight excluding hydrogens is 233 g/mol. The van der Waals surface area contributed by atoms with Gasteiger partial charge in [0.25, 0.3) is 0 Å². The van der Waals surface area contributed by atoms with E-state index < -0.39 is 5.82 Å². The van der Waals surface area contributed by atoms with Crippen LogP contribution in [0.1, 0.15) is 5.56 Å². The molecule has 4 nitrogen and oxygen atoms in total. The minimum atomic E-state index is -0.580. The summed E-state index contributed by atoms with van der Waals surface area (Å²) in [5, 5.41) is 11.5. The van der Waals surface area contributed by atoms with Crippen molar-refractivity contribution in [2.75, 3.05) is 12.4 Å². The van der Waals surface area contributed by atoms with Gasteiger partial charge in [-0.1, -0.05) is 0 Å². The molecule has 5 heteroatoms. The first kappa shape index (κ1) is 11.9. The van der Waals surface area contributed by atoms with E-state index in [1.165, 1.54) is 18.3 Å². The summed E-state index contributed by atoms with van der Waals surface area (Å²) in [6.07, 6.45) is 3.11. The molecule has 0 amide bonds. The van der Waals surface area contributed by atoms with Crippen molar-refractivity contribution < 1.29 is 9.13 Å². The van der Waals surface area contributed by atoms with E-state index in [4.69, 9.17) is 10.00 Å². The van der Waals surface area contributed by atoms with Crippen molar-refractivity contribution in [1.29, 1.82) is 5.26 Å². The quantitative estimate of drug-likeness (QED) is 0.900. The molecule has 2 rings (SSSR count). The number of nitrogens with one attached hydrogen (secondary N) is 1. The molecular formula is C13H10FN3O. The first-order valence-corrected chi connectivity index (χ1v) is 5.23. The lowest BCUT2D eigenvalue weighted by Gasteiger charge is -2.07. The number of nitriles is 1. The Morgan fingerprint density at radius 3 is 2.83 bits per heavy atom. The van der Waals surface area contributed by atoms with Crippen LogP contribution in [0.25, 0.3) is 0 Å². The van der Waals surface area contributed by atoms with Gasteiger partial charge in [-0.3, -0.25) is 4.98 Å². The predicted octanol–water partition coefficient (Wildman–Crippen LogP) is 2.93. The fraction of sp³-hybridized carbons (Fsp3) is 0.0769. The molecule has 0 aliphatic heterocycles. The second kappa shape index (κ2) is 5.15. The van der Waals surface area contributed by atoms with Crippen molar-refractivity contribution >= 4 is 5.69 Å². The Morgan fingerprint density at radius 2 is 2.17 bits per heavy atom. The van der Waals surface area contributed by atoms with E-state index >= 15 is 0 Å². The Labute approximate surface area is 104 Å². The molecule has 0 unspecified atom stereocenters. The Hall–Kier alpha value is -2.61. The molecule has 0 fully saturated rings. The minimum absolute atomic E-state index is 0.0593. The molecule has 18 heavy (non-hydrogen) atoms. The highest BCUT2D eigenvalue weighted by Crippen LogP contribution is 2.25. The first-order valence-electron chi connectivity index (χ1n) is 5.23. The molecule has 1 aromatic carbocycles. The summed E-state index contributed by atoms with van der Waals surface area (Å²) < 4.78 is 19.0. The van der Waals surface area contributed by atoms with Gasteiger partial charge >= 0.3 is 0 Å². The summed E-state index contributed by atoms with van der Waals surface area (Å²) in [6, 6.07) is 7.60. The third kappa shape index (κ3) is 2.55. The second-order valence-electron chi connectivity index (χ2n) is 3.52. The Bertz CT molecular complexity index is 607. The Kier molecular flexibility index (Phi) is 3.39. The highest BCUT2D eigenvalue weighted by Gasteiger charge is 2.06. The van der Waals surface area contributed by atoms with Crippen LogP contribution in [-0.2, 0) is 0 Å². The van der Waals surface area contributed by atoms with Gasteiger partial charge in [0, 0.05) is 13.1 Å². The van der Waals surface area contributed by atoms with Gasteiger partial charge in [0.2, 0.25) is 0 Å². The van der Waals surface area contributed by atoms with Crippen molar-refractivity contribution in [1.82, 2.24) is 4.98 Å². The number of rotatable bonds is 3. The molecule has 2 aromatic rings. The van der Waals surface area contributed by atoms with Crippen molar-refractivity contribution in [2.24, 2.45) is 0 Å². The fourth-order valence-electron chi connectivity index (χ4n) is 1.39. The van der Waals surface area contributed by atoms with E-state index in [2.05, 4.69) is 10.3 Å². The van der Waals surface area contributed by atoms with Gasteiger partial charge in [0.05, 0.1) is 29.7 Å². The van der Waals surface area contributed by atoms with E-state index in [9.17, 15) is 4.39 Å². The summed E-state index contributed by atoms with van der Waals surface area (Å²) in [4.78, 5) is 3.95. The van der Waals surface area contributed by atoms with Crippen LogP contribution in [0.15, 0.2) is 36.7 Å². The van der Waals surface area contributed by atoms with Crippen molar-refractivity contribution in [2.45, 2.75) is 0 Å². The number of pyridine rings is 1. The number of anilines is 1. The summed E-state index contributed by atoms with van der Waals surface area (Å²) in [6.45, 7) is 0. The monoisotopic (exact) mass is 243 g/mol. The van der Waals surface area contributed by atoms with Gasteiger partial charge in [0.1, 0.15) is 5.75 Å². The second-order valence-corrected chi connectivity index (χ2v) is 3.52. The average molecular weight is 243 g/mol. The van der Waals surface area contributed by atoms with E-state index in [1.54, 1.807) is 19.3 Å². The van der Waals surface area contributed by atoms with E-state index in [-0.39, 0.29) is 11.3 Å². The number of halogens is 1. The smallest absolute Gasteiger partial charge is 0.167 e. The van der Waals surface area contributed by atoms with Gasteiger partial charge < -0.3 is 10.1 Å². The molecule has 1 N–H and O–H groups in total. The van der Waals surface area contributed by atoms with Crippen LogP contribution in [0, 0.1) is 17.1 Å². The third-order valence-electron chi connectivity index (χ3n) is 2.29. The number of aromatic nitrogens is 1. The lowest BCUT2D eigenvalue weighted by molar-refractivity contribution is 0.440. The van der Waals surface area contributed by atoms with Crippen LogP contribution < -0.4 is 10.1 Å². The predicted molar refractivity (Wildman–Crippen MR) is 65.0 cm³/mol. The standard InChI is InChI=1S/C13H10FN3O/c1-16-10-5-11(8-17-7-10)18-13-3-2-9(6-15)4-12(13)14/h2-5,7-8,16H,1H3. The maximum Gasteiger partial charge on any atom is 0.167 e. The number of hydrogen-bond donors (Lipinski definition) is 1. The zero-order valence-corrected chi connectivity index (χ0v) is 9.64. The lowest BCUT2D eigenvalue weighted by Crippen LogP contribution is -1.93. The van der Waals surface area contributed by atoms with Gasteiger partial charge in [-0.15, -0.1) is 0 Å². The molecule has 1 heterocycles. The maximum absolute atomic E-state index is 13.6. The van der Waals surface area contributed by atoms with Gasteiger partial charge in [0.15, 0.2) is 11.6 Å². The summed E-state index contributed by atoms with van der Waals surface area (Å²) in [5.41, 5.74) is 1.02. The average Bonchev–Trinajstić information content (AvgIpc) is 2.41. The van der Waals surface area contributed by atoms with Crippen LogP contribution in [0.2, 0.25) is 0 Å². The lowest BCUT2D eigenvalue weighted by atomic mass is 10.2. The molecule has 0 aliphatic carbocycles. The third-order valence-corrected chi connectivity index (χ3v) is 2.29. The first-order chi connectivity index (χ1) is 8.72. The zero-order valence-electron chi connectivity index (χ0n) is 9.64. The Balaban J connectivity index is 2.26. The van der Waals surface area contributed by atoms with Gasteiger partial charge in [-0.25, -0.2) is 4.39 Å². The molecule has 0 aliphatic rings.